The van der Waals surface area contributed by atoms with Crippen LogP contribution in [0.2, 0.25) is 0 Å². The van der Waals surface area contributed by atoms with Crippen LogP contribution in [-0.4, -0.2) is 14.3 Å². The number of hydrogen-bond donors (Lipinski definition) is 1. The van der Waals surface area contributed by atoms with Crippen LogP contribution in [0.15, 0.2) is 52.4 Å². The molecule has 0 unspecified atom stereocenters. The van der Waals surface area contributed by atoms with E-state index in [2.05, 4.69) is 14.3 Å². The van der Waals surface area contributed by atoms with Crippen molar-refractivity contribution < 1.29 is 4.42 Å². The van der Waals surface area contributed by atoms with Gasteiger partial charge >= 0.3 is 0 Å². The van der Waals surface area contributed by atoms with Crippen LogP contribution >= 0.6 is 11.5 Å². The number of nitrogens with zero attached hydrogens (tertiary/aromatic N) is 2. The molecule has 4 nitrogen and oxygen atoms in total. The highest BCUT2D eigenvalue weighted by Gasteiger charge is 2.11. The van der Waals surface area contributed by atoms with Gasteiger partial charge in [-0.1, -0.05) is 12.1 Å². The summed E-state index contributed by atoms with van der Waals surface area (Å²) in [6.45, 7) is 0. The van der Waals surface area contributed by atoms with Crippen LogP contribution in [0.5, 0.6) is 0 Å². The Morgan fingerprint density at radius 2 is 1.95 bits per heavy atom. The molecule has 92 valence electrons. The summed E-state index contributed by atoms with van der Waals surface area (Å²) in [4.78, 5) is 7.77. The summed E-state index contributed by atoms with van der Waals surface area (Å²) in [6, 6.07) is 11.8. The van der Waals surface area contributed by atoms with E-state index in [0.717, 1.165) is 33.9 Å². The topological polar surface area (TPSA) is 54.7 Å². The zero-order chi connectivity index (χ0) is 12.7. The molecule has 0 amide bonds. The molecule has 4 aromatic rings. The summed E-state index contributed by atoms with van der Waals surface area (Å²) < 4.78 is 9.89. The zero-order valence-electron chi connectivity index (χ0n) is 9.83. The summed E-state index contributed by atoms with van der Waals surface area (Å²) in [5, 5.41) is 1.96. The summed E-state index contributed by atoms with van der Waals surface area (Å²) in [6.07, 6.45) is 1.80. The Bertz CT molecular complexity index is 796. The molecule has 0 aliphatic carbocycles. The fourth-order valence-corrected chi connectivity index (χ4v) is 2.54. The van der Waals surface area contributed by atoms with Crippen LogP contribution in [0.4, 0.5) is 0 Å². The average molecular weight is 267 g/mol. The fraction of sp³-hybridized carbons (Fsp3) is 0. The number of imidazole rings is 1. The van der Waals surface area contributed by atoms with Gasteiger partial charge in [0, 0.05) is 10.9 Å². The Morgan fingerprint density at radius 3 is 2.79 bits per heavy atom. The normalized spacial score (nSPS) is 11.2. The summed E-state index contributed by atoms with van der Waals surface area (Å²) in [5.74, 6) is 2.29. The Hall–Kier alpha value is -2.40. The summed E-state index contributed by atoms with van der Waals surface area (Å²) >= 11 is 1.41. The quantitative estimate of drug-likeness (QED) is 0.598. The monoisotopic (exact) mass is 267 g/mol. The molecule has 5 heteroatoms. The first-order valence-corrected chi connectivity index (χ1v) is 6.68. The Morgan fingerprint density at radius 1 is 1.05 bits per heavy atom. The van der Waals surface area contributed by atoms with E-state index in [1.54, 1.807) is 6.20 Å². The third-order valence-corrected chi connectivity index (χ3v) is 3.53. The van der Waals surface area contributed by atoms with E-state index in [1.807, 2.05) is 41.8 Å². The smallest absolute Gasteiger partial charge is 0.174 e. The van der Waals surface area contributed by atoms with Crippen molar-refractivity contribution in [3.8, 4) is 22.9 Å². The number of nitrogens with one attached hydrogen (secondary N) is 1. The highest BCUT2D eigenvalue weighted by atomic mass is 32.1. The molecule has 1 aromatic carbocycles. The van der Waals surface area contributed by atoms with Crippen molar-refractivity contribution in [1.29, 1.82) is 0 Å². The Balaban J connectivity index is 1.80. The lowest BCUT2D eigenvalue weighted by molar-refractivity contribution is 0.593. The van der Waals surface area contributed by atoms with E-state index in [1.165, 1.54) is 11.5 Å². The third-order valence-electron chi connectivity index (χ3n) is 2.95. The number of furan rings is 1. The number of aromatic nitrogens is 3. The Labute approximate surface area is 112 Å². The fourth-order valence-electron chi connectivity index (χ4n) is 2.02. The largest absolute Gasteiger partial charge is 0.453 e. The number of H-pyrrole nitrogens is 1. The van der Waals surface area contributed by atoms with Crippen molar-refractivity contribution in [2.24, 2.45) is 0 Å². The molecular weight excluding hydrogens is 258 g/mol. The first-order valence-electron chi connectivity index (χ1n) is 5.85. The number of fused-ring (bicyclic) bond motifs is 1. The van der Waals surface area contributed by atoms with Gasteiger partial charge in [0.2, 0.25) is 0 Å². The maximum Gasteiger partial charge on any atom is 0.174 e. The molecule has 0 aliphatic heterocycles. The van der Waals surface area contributed by atoms with Crippen molar-refractivity contribution in [1.82, 2.24) is 14.3 Å². The van der Waals surface area contributed by atoms with E-state index in [-0.39, 0.29) is 0 Å². The van der Waals surface area contributed by atoms with E-state index in [0.29, 0.717) is 0 Å². The third kappa shape index (κ3) is 1.75. The molecule has 0 saturated heterocycles. The lowest BCUT2D eigenvalue weighted by Crippen LogP contribution is -1.74. The number of rotatable bonds is 2. The molecule has 3 aromatic heterocycles. The first-order chi connectivity index (χ1) is 9.40. The molecule has 0 bridgehead atoms. The molecule has 0 saturated carbocycles. The second kappa shape index (κ2) is 4.07. The summed E-state index contributed by atoms with van der Waals surface area (Å²) in [5.41, 5.74) is 2.94. The second-order valence-corrected chi connectivity index (χ2v) is 4.84. The molecule has 0 aliphatic rings. The second-order valence-electron chi connectivity index (χ2n) is 4.18. The maximum atomic E-state index is 5.82. The van der Waals surface area contributed by atoms with Gasteiger partial charge in [-0.2, -0.15) is 0 Å². The van der Waals surface area contributed by atoms with E-state index in [4.69, 9.17) is 4.42 Å². The predicted octanol–water partition coefficient (Wildman–Crippen LogP) is 3.95. The molecular formula is C14H9N3OS. The number of hydrogen-bond acceptors (Lipinski definition) is 4. The van der Waals surface area contributed by atoms with Crippen LogP contribution in [0.25, 0.3) is 33.9 Å². The minimum absolute atomic E-state index is 0.734. The lowest BCUT2D eigenvalue weighted by atomic mass is 10.3. The molecule has 0 atom stereocenters. The van der Waals surface area contributed by atoms with E-state index < -0.39 is 0 Å². The van der Waals surface area contributed by atoms with Gasteiger partial charge in [0.25, 0.3) is 0 Å². The number of benzene rings is 1. The van der Waals surface area contributed by atoms with E-state index >= 15 is 0 Å². The molecule has 1 N–H and O–H groups in total. The molecule has 0 spiro atoms. The molecule has 4 rings (SSSR count). The van der Waals surface area contributed by atoms with Gasteiger partial charge in [0.05, 0.1) is 17.2 Å². The van der Waals surface area contributed by atoms with Crippen molar-refractivity contribution in [2.45, 2.75) is 0 Å². The van der Waals surface area contributed by atoms with Crippen LogP contribution in [0, 0.1) is 0 Å². The SMILES string of the molecule is c1ccc2[nH]c(-c3ccc(-c4cnsc4)o3)nc2c1. The van der Waals surface area contributed by atoms with Crippen LogP contribution in [-0.2, 0) is 0 Å². The minimum atomic E-state index is 0.734. The van der Waals surface area contributed by atoms with Gasteiger partial charge in [-0.3, -0.25) is 0 Å². The van der Waals surface area contributed by atoms with Gasteiger partial charge in [0.1, 0.15) is 5.76 Å². The van der Waals surface area contributed by atoms with E-state index in [9.17, 15) is 0 Å². The first kappa shape index (κ1) is 10.5. The van der Waals surface area contributed by atoms with Crippen molar-refractivity contribution in [3.05, 3.63) is 48.0 Å². The number of aromatic amines is 1. The minimum Gasteiger partial charge on any atom is -0.453 e. The molecule has 0 fully saturated rings. The molecule has 3 heterocycles. The maximum absolute atomic E-state index is 5.82. The average Bonchev–Trinajstić information content (AvgIpc) is 3.17. The highest BCUT2D eigenvalue weighted by molar-refractivity contribution is 7.03. The van der Waals surface area contributed by atoms with Crippen molar-refractivity contribution in [3.63, 3.8) is 0 Å². The van der Waals surface area contributed by atoms with Crippen LogP contribution in [0.3, 0.4) is 0 Å². The summed E-state index contributed by atoms with van der Waals surface area (Å²) in [7, 11) is 0. The van der Waals surface area contributed by atoms with Crippen molar-refractivity contribution in [2.75, 3.05) is 0 Å². The van der Waals surface area contributed by atoms with Gasteiger partial charge in [-0.05, 0) is 35.8 Å². The van der Waals surface area contributed by atoms with Gasteiger partial charge in [-0.15, -0.1) is 0 Å². The lowest BCUT2D eigenvalue weighted by Gasteiger charge is -1.90. The van der Waals surface area contributed by atoms with Crippen LogP contribution < -0.4 is 0 Å². The zero-order valence-corrected chi connectivity index (χ0v) is 10.6. The van der Waals surface area contributed by atoms with Gasteiger partial charge in [-0.25, -0.2) is 9.36 Å². The Kier molecular flexibility index (Phi) is 2.25. The van der Waals surface area contributed by atoms with Crippen LogP contribution in [0.1, 0.15) is 0 Å². The van der Waals surface area contributed by atoms with Gasteiger partial charge in [0.15, 0.2) is 11.6 Å². The number of para-hydroxylation sites is 2. The molecule has 0 radical (unpaired) electrons. The predicted molar refractivity (Wildman–Crippen MR) is 74.9 cm³/mol. The highest BCUT2D eigenvalue weighted by Crippen LogP contribution is 2.28. The van der Waals surface area contributed by atoms with Gasteiger partial charge < -0.3 is 9.40 Å². The molecule has 19 heavy (non-hydrogen) atoms. The standard InChI is InChI=1S/C14H9N3OS/c1-2-4-11-10(3-1)16-14(17-11)13-6-5-12(18-13)9-7-15-19-8-9/h1-8H,(H,16,17). The van der Waals surface area contributed by atoms with Crippen molar-refractivity contribution >= 4 is 22.6 Å².